The number of hydrogen-bond acceptors (Lipinski definition) is 2. The average molecular weight is 311 g/mol. The smallest absolute Gasteiger partial charge is 0.323 e. The molecule has 4 heteroatoms. The molecule has 0 unspecified atom stereocenters. The molecule has 0 saturated carbocycles. The highest BCUT2D eigenvalue weighted by Gasteiger charge is 2.19. The Labute approximate surface area is 136 Å². The van der Waals surface area contributed by atoms with Crippen molar-refractivity contribution in [1.82, 2.24) is 4.90 Å². The summed E-state index contributed by atoms with van der Waals surface area (Å²) in [5.41, 5.74) is 2.56. The summed E-state index contributed by atoms with van der Waals surface area (Å²) in [5, 5.41) is 9.08. The highest BCUT2D eigenvalue weighted by molar-refractivity contribution is 5.95. The molecule has 2 aromatic rings. The predicted octanol–water partition coefficient (Wildman–Crippen LogP) is 3.54. The first-order valence-corrected chi connectivity index (χ1v) is 7.62. The number of rotatable bonds is 6. The van der Waals surface area contributed by atoms with Gasteiger partial charge in [0.25, 0.3) is 5.91 Å². The number of benzene rings is 2. The fourth-order valence-electron chi connectivity index (χ4n) is 2.36. The van der Waals surface area contributed by atoms with Crippen LogP contribution in [0.25, 0.3) is 0 Å². The number of carboxylic acid groups (broad SMARTS) is 1. The summed E-state index contributed by atoms with van der Waals surface area (Å²) in [6.07, 6.45) is 0. The first-order valence-electron chi connectivity index (χ1n) is 7.62. The first-order chi connectivity index (χ1) is 11.0. The number of carboxylic acids is 1. The van der Waals surface area contributed by atoms with Crippen LogP contribution in [0, 0.1) is 0 Å². The van der Waals surface area contributed by atoms with Crippen molar-refractivity contribution in [1.29, 1.82) is 0 Å². The van der Waals surface area contributed by atoms with Gasteiger partial charge in [0, 0.05) is 12.1 Å². The van der Waals surface area contributed by atoms with Crippen LogP contribution in [0.5, 0.6) is 0 Å². The third kappa shape index (κ3) is 4.68. The van der Waals surface area contributed by atoms with Gasteiger partial charge in [-0.25, -0.2) is 0 Å². The zero-order valence-corrected chi connectivity index (χ0v) is 13.4. The van der Waals surface area contributed by atoms with Gasteiger partial charge >= 0.3 is 5.97 Å². The Kier molecular flexibility index (Phi) is 5.52. The highest BCUT2D eigenvalue weighted by atomic mass is 16.4. The standard InChI is InChI=1S/C19H21NO3/c1-14(2)16-8-10-17(11-9-16)19(23)20(13-18(21)22)12-15-6-4-3-5-7-15/h3-11,14H,12-13H2,1-2H3,(H,21,22). The third-order valence-electron chi connectivity index (χ3n) is 3.65. The molecule has 2 aromatic carbocycles. The summed E-state index contributed by atoms with van der Waals surface area (Å²) < 4.78 is 0. The predicted molar refractivity (Wildman–Crippen MR) is 89.3 cm³/mol. The summed E-state index contributed by atoms with van der Waals surface area (Å²) in [6.45, 7) is 4.13. The van der Waals surface area contributed by atoms with E-state index < -0.39 is 5.97 Å². The Morgan fingerprint density at radius 2 is 1.61 bits per heavy atom. The van der Waals surface area contributed by atoms with E-state index in [1.807, 2.05) is 42.5 Å². The maximum atomic E-state index is 12.6. The van der Waals surface area contributed by atoms with Gasteiger partial charge in [-0.1, -0.05) is 56.3 Å². The molecule has 0 aliphatic rings. The van der Waals surface area contributed by atoms with Crippen molar-refractivity contribution < 1.29 is 14.7 Å². The zero-order chi connectivity index (χ0) is 16.8. The van der Waals surface area contributed by atoms with E-state index in [9.17, 15) is 9.59 Å². The van der Waals surface area contributed by atoms with Gasteiger partial charge in [-0.2, -0.15) is 0 Å². The normalized spacial score (nSPS) is 10.6. The van der Waals surface area contributed by atoms with E-state index in [4.69, 9.17) is 5.11 Å². The van der Waals surface area contributed by atoms with Crippen molar-refractivity contribution in [2.75, 3.05) is 6.54 Å². The van der Waals surface area contributed by atoms with Crippen molar-refractivity contribution in [3.8, 4) is 0 Å². The summed E-state index contributed by atoms with van der Waals surface area (Å²) in [5.74, 6) is -0.904. The monoisotopic (exact) mass is 311 g/mol. The van der Waals surface area contributed by atoms with Crippen LogP contribution in [0.2, 0.25) is 0 Å². The lowest BCUT2D eigenvalue weighted by Gasteiger charge is -2.21. The van der Waals surface area contributed by atoms with Crippen molar-refractivity contribution in [3.05, 3.63) is 71.3 Å². The first kappa shape index (κ1) is 16.7. The molecule has 0 fully saturated rings. The van der Waals surface area contributed by atoms with E-state index in [0.717, 1.165) is 11.1 Å². The molecule has 0 atom stereocenters. The number of amides is 1. The third-order valence-corrected chi connectivity index (χ3v) is 3.65. The number of aliphatic carboxylic acids is 1. The van der Waals surface area contributed by atoms with Crippen LogP contribution in [0.1, 0.15) is 41.3 Å². The van der Waals surface area contributed by atoms with E-state index in [1.165, 1.54) is 4.90 Å². The van der Waals surface area contributed by atoms with Crippen LogP contribution < -0.4 is 0 Å². The van der Waals surface area contributed by atoms with E-state index in [2.05, 4.69) is 13.8 Å². The second-order valence-electron chi connectivity index (χ2n) is 5.82. The Morgan fingerprint density at radius 3 is 2.13 bits per heavy atom. The van der Waals surface area contributed by atoms with Gasteiger partial charge in [0.1, 0.15) is 6.54 Å². The molecule has 0 aromatic heterocycles. The summed E-state index contributed by atoms with van der Waals surface area (Å²) >= 11 is 0. The van der Waals surface area contributed by atoms with Crippen LogP contribution >= 0.6 is 0 Å². The highest BCUT2D eigenvalue weighted by Crippen LogP contribution is 2.16. The fourth-order valence-corrected chi connectivity index (χ4v) is 2.36. The van der Waals surface area contributed by atoms with Crippen LogP contribution in [0.4, 0.5) is 0 Å². The van der Waals surface area contributed by atoms with Crippen molar-refractivity contribution in [2.24, 2.45) is 0 Å². The molecular weight excluding hydrogens is 290 g/mol. The molecule has 0 heterocycles. The minimum atomic E-state index is -1.02. The second-order valence-corrected chi connectivity index (χ2v) is 5.82. The molecule has 0 spiro atoms. The van der Waals surface area contributed by atoms with E-state index >= 15 is 0 Å². The molecule has 0 bridgehead atoms. The molecular formula is C19H21NO3. The Hall–Kier alpha value is -2.62. The molecule has 0 aliphatic carbocycles. The fraction of sp³-hybridized carbons (Fsp3) is 0.263. The molecule has 23 heavy (non-hydrogen) atoms. The number of carbonyl (C=O) groups excluding carboxylic acids is 1. The number of hydrogen-bond donors (Lipinski definition) is 1. The van der Waals surface area contributed by atoms with Gasteiger partial charge in [0.15, 0.2) is 0 Å². The van der Waals surface area contributed by atoms with Gasteiger partial charge in [-0.3, -0.25) is 9.59 Å². The molecule has 1 N–H and O–H groups in total. The molecule has 120 valence electrons. The molecule has 1 amide bonds. The van der Waals surface area contributed by atoms with E-state index in [0.29, 0.717) is 11.5 Å². The maximum absolute atomic E-state index is 12.6. The molecule has 0 saturated heterocycles. The van der Waals surface area contributed by atoms with Crippen LogP contribution in [-0.2, 0) is 11.3 Å². The largest absolute Gasteiger partial charge is 0.480 e. The number of carbonyl (C=O) groups is 2. The van der Waals surface area contributed by atoms with Crippen molar-refractivity contribution in [3.63, 3.8) is 0 Å². The maximum Gasteiger partial charge on any atom is 0.323 e. The Morgan fingerprint density at radius 1 is 1.00 bits per heavy atom. The number of nitrogens with zero attached hydrogens (tertiary/aromatic N) is 1. The topological polar surface area (TPSA) is 57.6 Å². The lowest BCUT2D eigenvalue weighted by atomic mass is 10.0. The van der Waals surface area contributed by atoms with Crippen molar-refractivity contribution in [2.45, 2.75) is 26.3 Å². The van der Waals surface area contributed by atoms with Gasteiger partial charge in [-0.05, 0) is 29.2 Å². The minimum absolute atomic E-state index is 0.272. The lowest BCUT2D eigenvalue weighted by Crippen LogP contribution is -2.35. The average Bonchev–Trinajstić information content (AvgIpc) is 2.54. The van der Waals surface area contributed by atoms with E-state index in [1.54, 1.807) is 12.1 Å². The SMILES string of the molecule is CC(C)c1ccc(C(=O)N(CC(=O)O)Cc2ccccc2)cc1. The summed E-state index contributed by atoms with van der Waals surface area (Å²) in [7, 11) is 0. The Bertz CT molecular complexity index is 663. The minimum Gasteiger partial charge on any atom is -0.480 e. The lowest BCUT2D eigenvalue weighted by molar-refractivity contribution is -0.137. The molecule has 2 rings (SSSR count). The van der Waals surface area contributed by atoms with E-state index in [-0.39, 0.29) is 19.0 Å². The summed E-state index contributed by atoms with van der Waals surface area (Å²) in [6, 6.07) is 16.7. The Balaban J connectivity index is 2.20. The molecule has 4 nitrogen and oxygen atoms in total. The zero-order valence-electron chi connectivity index (χ0n) is 13.4. The molecule has 0 radical (unpaired) electrons. The van der Waals surface area contributed by atoms with Gasteiger partial charge in [-0.15, -0.1) is 0 Å². The van der Waals surface area contributed by atoms with Gasteiger partial charge < -0.3 is 10.0 Å². The quantitative estimate of drug-likeness (QED) is 0.887. The van der Waals surface area contributed by atoms with Gasteiger partial charge in [0.2, 0.25) is 0 Å². The van der Waals surface area contributed by atoms with Crippen LogP contribution in [0.15, 0.2) is 54.6 Å². The van der Waals surface area contributed by atoms with Gasteiger partial charge in [0.05, 0.1) is 0 Å². The van der Waals surface area contributed by atoms with Crippen molar-refractivity contribution >= 4 is 11.9 Å². The van der Waals surface area contributed by atoms with Crippen LogP contribution in [-0.4, -0.2) is 28.4 Å². The summed E-state index contributed by atoms with van der Waals surface area (Å²) in [4.78, 5) is 25.1. The molecule has 0 aliphatic heterocycles. The second kappa shape index (κ2) is 7.58. The van der Waals surface area contributed by atoms with Crippen LogP contribution in [0.3, 0.4) is 0 Å².